The Bertz CT molecular complexity index is 1680. The highest BCUT2D eigenvalue weighted by atomic mass is 32.2. The number of fused-ring (bicyclic) bond motifs is 1. The van der Waals surface area contributed by atoms with Crippen LogP contribution in [0.4, 0.5) is 4.39 Å². The molecule has 0 saturated carbocycles. The lowest BCUT2D eigenvalue weighted by Gasteiger charge is -2.12. The molecule has 9 nitrogen and oxygen atoms in total. The molecule has 0 aliphatic carbocycles. The molecule has 176 valence electrons. The Morgan fingerprint density at radius 2 is 1.80 bits per heavy atom. The van der Waals surface area contributed by atoms with Gasteiger partial charge in [0.1, 0.15) is 39.5 Å². The molecule has 0 fully saturated rings. The van der Waals surface area contributed by atoms with Gasteiger partial charge in [-0.3, -0.25) is 9.55 Å². The van der Waals surface area contributed by atoms with E-state index in [1.807, 2.05) is 0 Å². The highest BCUT2D eigenvalue weighted by molar-refractivity contribution is 7.89. The standard InChI is InChI=1S/C24H18FN5O4S/c1-34-16-5-3-15(4-6-16)30-13-29-20-11-28-22(24(31)23(20)30)18-7-2-14(10-19(18)25)17-8-9-27-12-21(17)35(26,32)33/h2-13,31H,1H3,(H2,26,32,33). The SMILES string of the molecule is COc1ccc(-n2cnc3cnc(-c4ccc(-c5ccncc5S(N)(=O)=O)cc4F)c(O)c32)cc1. The van der Waals surface area contributed by atoms with Crippen LogP contribution in [0.2, 0.25) is 0 Å². The molecular formula is C24H18FN5O4S. The number of benzene rings is 2. The van der Waals surface area contributed by atoms with Crippen molar-refractivity contribution < 1.29 is 22.7 Å². The number of hydrogen-bond acceptors (Lipinski definition) is 7. The summed E-state index contributed by atoms with van der Waals surface area (Å²) in [6.07, 6.45) is 5.48. The van der Waals surface area contributed by atoms with Crippen LogP contribution < -0.4 is 9.88 Å². The van der Waals surface area contributed by atoms with Gasteiger partial charge in [0.15, 0.2) is 5.75 Å². The fourth-order valence-corrected chi connectivity index (χ4v) is 4.55. The van der Waals surface area contributed by atoms with E-state index >= 15 is 4.39 Å². The molecule has 0 saturated heterocycles. The van der Waals surface area contributed by atoms with E-state index in [0.717, 1.165) is 12.3 Å². The normalized spacial score (nSPS) is 11.6. The molecule has 11 heteroatoms. The van der Waals surface area contributed by atoms with E-state index < -0.39 is 15.8 Å². The number of nitrogens with zero attached hydrogens (tertiary/aromatic N) is 4. The summed E-state index contributed by atoms with van der Waals surface area (Å²) in [6.45, 7) is 0. The van der Waals surface area contributed by atoms with E-state index in [9.17, 15) is 13.5 Å². The highest BCUT2D eigenvalue weighted by Crippen LogP contribution is 2.37. The van der Waals surface area contributed by atoms with Crippen LogP contribution in [0.3, 0.4) is 0 Å². The zero-order valence-electron chi connectivity index (χ0n) is 18.3. The Labute approximate surface area is 199 Å². The number of nitrogens with two attached hydrogens (primary N) is 1. The summed E-state index contributed by atoms with van der Waals surface area (Å²) in [4.78, 5) is 12.1. The summed E-state index contributed by atoms with van der Waals surface area (Å²) < 4.78 is 46.0. The van der Waals surface area contributed by atoms with Gasteiger partial charge in [-0.25, -0.2) is 27.9 Å². The Morgan fingerprint density at radius 1 is 1.03 bits per heavy atom. The maximum atomic E-state index is 15.3. The summed E-state index contributed by atoms with van der Waals surface area (Å²) >= 11 is 0. The molecule has 0 aliphatic rings. The monoisotopic (exact) mass is 491 g/mol. The van der Waals surface area contributed by atoms with Crippen LogP contribution in [0, 0.1) is 5.82 Å². The number of methoxy groups -OCH3 is 1. The largest absolute Gasteiger partial charge is 0.504 e. The number of halogens is 1. The van der Waals surface area contributed by atoms with Gasteiger partial charge in [0, 0.05) is 29.2 Å². The zero-order valence-corrected chi connectivity index (χ0v) is 19.1. The summed E-state index contributed by atoms with van der Waals surface area (Å²) in [7, 11) is -2.51. The first-order chi connectivity index (χ1) is 16.8. The third kappa shape index (κ3) is 3.96. The third-order valence-electron chi connectivity index (χ3n) is 5.54. The van der Waals surface area contributed by atoms with Gasteiger partial charge < -0.3 is 9.84 Å². The summed E-state index contributed by atoms with van der Waals surface area (Å²) in [6, 6.07) is 12.7. The first kappa shape index (κ1) is 22.4. The Kier molecular flexibility index (Phi) is 5.42. The quantitative estimate of drug-likeness (QED) is 0.383. The van der Waals surface area contributed by atoms with Crippen LogP contribution in [0.25, 0.3) is 39.1 Å². The third-order valence-corrected chi connectivity index (χ3v) is 6.48. The number of ether oxygens (including phenoxy) is 1. The first-order valence-corrected chi connectivity index (χ1v) is 11.8. The van der Waals surface area contributed by atoms with Crippen molar-refractivity contribution in [1.29, 1.82) is 0 Å². The fourth-order valence-electron chi connectivity index (χ4n) is 3.85. The van der Waals surface area contributed by atoms with Gasteiger partial charge in [-0.05, 0) is 48.0 Å². The minimum absolute atomic E-state index is 0.0122. The predicted octanol–water partition coefficient (Wildman–Crippen LogP) is 3.65. The summed E-state index contributed by atoms with van der Waals surface area (Å²) in [5.41, 5.74) is 2.02. The van der Waals surface area contributed by atoms with Gasteiger partial charge in [-0.15, -0.1) is 0 Å². The van der Waals surface area contributed by atoms with Crippen LogP contribution in [-0.2, 0) is 10.0 Å². The molecule has 35 heavy (non-hydrogen) atoms. The lowest BCUT2D eigenvalue weighted by Crippen LogP contribution is -2.13. The van der Waals surface area contributed by atoms with E-state index in [2.05, 4.69) is 15.0 Å². The number of hydrogen-bond donors (Lipinski definition) is 2. The molecule has 5 rings (SSSR count). The van der Waals surface area contributed by atoms with Gasteiger partial charge in [0.25, 0.3) is 0 Å². The van der Waals surface area contributed by atoms with Gasteiger partial charge >= 0.3 is 0 Å². The second-order valence-corrected chi connectivity index (χ2v) is 9.14. The predicted molar refractivity (Wildman–Crippen MR) is 127 cm³/mol. The van der Waals surface area contributed by atoms with Crippen molar-refractivity contribution in [3.63, 3.8) is 0 Å². The molecule has 3 heterocycles. The molecule has 0 amide bonds. The van der Waals surface area contributed by atoms with E-state index in [1.165, 1.54) is 36.9 Å². The van der Waals surface area contributed by atoms with Crippen molar-refractivity contribution >= 4 is 21.1 Å². The van der Waals surface area contributed by atoms with Gasteiger partial charge in [0.05, 0.1) is 13.3 Å². The molecule has 0 radical (unpaired) electrons. The Morgan fingerprint density at radius 3 is 2.49 bits per heavy atom. The van der Waals surface area contributed by atoms with E-state index in [1.54, 1.807) is 35.9 Å². The van der Waals surface area contributed by atoms with E-state index in [0.29, 0.717) is 22.5 Å². The molecule has 5 aromatic rings. The van der Waals surface area contributed by atoms with Crippen LogP contribution in [0.5, 0.6) is 11.5 Å². The van der Waals surface area contributed by atoms with Crippen molar-refractivity contribution in [2.24, 2.45) is 5.14 Å². The maximum Gasteiger partial charge on any atom is 0.240 e. The second kappa shape index (κ2) is 8.46. The number of aromatic hydroxyl groups is 1. The summed E-state index contributed by atoms with van der Waals surface area (Å²) in [5, 5.41) is 16.4. The van der Waals surface area contributed by atoms with Crippen LogP contribution in [0.1, 0.15) is 0 Å². The molecule has 0 spiro atoms. The molecule has 0 atom stereocenters. The van der Waals surface area contributed by atoms with Gasteiger partial charge in [-0.2, -0.15) is 0 Å². The van der Waals surface area contributed by atoms with E-state index in [-0.39, 0.29) is 33.0 Å². The van der Waals surface area contributed by atoms with Crippen molar-refractivity contribution in [1.82, 2.24) is 19.5 Å². The topological polar surface area (TPSA) is 133 Å². The van der Waals surface area contributed by atoms with Gasteiger partial charge in [0.2, 0.25) is 10.0 Å². The van der Waals surface area contributed by atoms with Crippen molar-refractivity contribution in [2.75, 3.05) is 7.11 Å². The molecule has 2 aromatic carbocycles. The number of sulfonamides is 1. The minimum Gasteiger partial charge on any atom is -0.504 e. The number of imidazole rings is 1. The van der Waals surface area contributed by atoms with Gasteiger partial charge in [-0.1, -0.05) is 6.07 Å². The van der Waals surface area contributed by atoms with E-state index in [4.69, 9.17) is 9.88 Å². The minimum atomic E-state index is -4.07. The lowest BCUT2D eigenvalue weighted by molar-refractivity contribution is 0.415. The average Bonchev–Trinajstić information content (AvgIpc) is 3.29. The summed E-state index contributed by atoms with van der Waals surface area (Å²) in [5.74, 6) is -0.291. The van der Waals surface area contributed by atoms with Crippen molar-refractivity contribution in [3.05, 3.63) is 79.3 Å². The Hall–Kier alpha value is -4.35. The number of rotatable bonds is 5. The Balaban J connectivity index is 1.62. The molecule has 0 aliphatic heterocycles. The number of primary sulfonamides is 1. The van der Waals surface area contributed by atoms with Crippen molar-refractivity contribution in [2.45, 2.75) is 4.90 Å². The molecule has 0 bridgehead atoms. The number of pyridine rings is 2. The number of aromatic nitrogens is 4. The maximum absolute atomic E-state index is 15.3. The smallest absolute Gasteiger partial charge is 0.240 e. The first-order valence-electron chi connectivity index (χ1n) is 10.2. The van der Waals surface area contributed by atoms with Crippen LogP contribution in [0.15, 0.2) is 78.3 Å². The molecule has 3 N–H and O–H groups in total. The molecule has 3 aromatic heterocycles. The van der Waals surface area contributed by atoms with Crippen LogP contribution >= 0.6 is 0 Å². The average molecular weight is 492 g/mol. The second-order valence-electron chi connectivity index (χ2n) is 7.61. The van der Waals surface area contributed by atoms with Crippen molar-refractivity contribution in [3.8, 4) is 39.6 Å². The zero-order chi connectivity index (χ0) is 24.7. The van der Waals surface area contributed by atoms with Crippen LogP contribution in [-0.4, -0.2) is 40.2 Å². The molecular weight excluding hydrogens is 473 g/mol. The lowest BCUT2D eigenvalue weighted by atomic mass is 10.0. The molecule has 0 unspecified atom stereocenters. The highest BCUT2D eigenvalue weighted by Gasteiger charge is 2.20. The fraction of sp³-hybridized carbons (Fsp3) is 0.0417.